The normalized spacial score (nSPS) is 18.5. The average Bonchev–Trinajstić information content (AvgIpc) is 2.42. The molecule has 3 heteroatoms. The lowest BCUT2D eigenvalue weighted by Crippen LogP contribution is -2.50. The largest absolute Gasteiger partial charge is 0.314 e. The molecule has 106 valence electrons. The number of piperazine rings is 1. The molecule has 2 rings (SSSR count). The molecular weight excluding hydrogens is 234 g/mol. The Hall–Kier alpha value is -0.900. The maximum atomic E-state index is 3.60. The van der Waals surface area contributed by atoms with Crippen LogP contribution in [0.1, 0.15) is 23.6 Å². The van der Waals surface area contributed by atoms with Gasteiger partial charge < -0.3 is 10.6 Å². The van der Waals surface area contributed by atoms with Crippen molar-refractivity contribution in [3.8, 4) is 0 Å². The van der Waals surface area contributed by atoms with E-state index < -0.39 is 0 Å². The third-order valence-corrected chi connectivity index (χ3v) is 4.03. The summed E-state index contributed by atoms with van der Waals surface area (Å²) in [5.41, 5.74) is 4.15. The molecule has 0 bridgehead atoms. The second-order valence-electron chi connectivity index (χ2n) is 5.70. The summed E-state index contributed by atoms with van der Waals surface area (Å²) in [4.78, 5) is 2.56. The fourth-order valence-electron chi connectivity index (χ4n) is 2.71. The van der Waals surface area contributed by atoms with Crippen molar-refractivity contribution in [1.29, 1.82) is 0 Å². The first-order chi connectivity index (χ1) is 9.16. The summed E-state index contributed by atoms with van der Waals surface area (Å²) in [6.07, 6.45) is 0. The van der Waals surface area contributed by atoms with Crippen molar-refractivity contribution in [1.82, 2.24) is 15.5 Å². The van der Waals surface area contributed by atoms with Crippen molar-refractivity contribution < 1.29 is 0 Å². The zero-order chi connectivity index (χ0) is 13.7. The number of nitrogens with zero attached hydrogens (tertiary/aromatic N) is 1. The third-order valence-electron chi connectivity index (χ3n) is 4.03. The third kappa shape index (κ3) is 4.30. The number of nitrogens with one attached hydrogen (secondary N) is 2. The van der Waals surface area contributed by atoms with Gasteiger partial charge in [0.1, 0.15) is 0 Å². The van der Waals surface area contributed by atoms with Gasteiger partial charge >= 0.3 is 0 Å². The summed E-state index contributed by atoms with van der Waals surface area (Å²) in [6.45, 7) is 13.3. The summed E-state index contributed by atoms with van der Waals surface area (Å²) >= 11 is 0. The van der Waals surface area contributed by atoms with Gasteiger partial charge in [0.05, 0.1) is 0 Å². The topological polar surface area (TPSA) is 27.3 Å². The molecule has 0 aliphatic carbocycles. The van der Waals surface area contributed by atoms with Gasteiger partial charge in [-0.1, -0.05) is 23.8 Å². The van der Waals surface area contributed by atoms with E-state index in [0.717, 1.165) is 26.2 Å². The van der Waals surface area contributed by atoms with Crippen LogP contribution < -0.4 is 10.6 Å². The lowest BCUT2D eigenvalue weighted by Gasteiger charge is -2.33. The van der Waals surface area contributed by atoms with E-state index in [1.165, 1.54) is 29.8 Å². The van der Waals surface area contributed by atoms with Gasteiger partial charge in [-0.3, -0.25) is 4.90 Å². The monoisotopic (exact) mass is 261 g/mol. The van der Waals surface area contributed by atoms with Gasteiger partial charge in [-0.2, -0.15) is 0 Å². The van der Waals surface area contributed by atoms with Crippen LogP contribution in [-0.2, 0) is 6.54 Å². The first-order valence-corrected chi connectivity index (χ1v) is 7.38. The molecule has 1 saturated heterocycles. The van der Waals surface area contributed by atoms with Crippen molar-refractivity contribution in [2.24, 2.45) is 0 Å². The SMILES string of the molecule is Cc1ccc(CNCC(C)N2CCNCC2)c(C)c1. The predicted octanol–water partition coefficient (Wildman–Crippen LogP) is 1.69. The smallest absolute Gasteiger partial charge is 0.0208 e. The lowest BCUT2D eigenvalue weighted by molar-refractivity contribution is 0.181. The number of benzene rings is 1. The fourth-order valence-corrected chi connectivity index (χ4v) is 2.71. The molecule has 0 aromatic heterocycles. The molecular formula is C16H27N3. The van der Waals surface area contributed by atoms with E-state index >= 15 is 0 Å². The van der Waals surface area contributed by atoms with E-state index in [4.69, 9.17) is 0 Å². The summed E-state index contributed by atoms with van der Waals surface area (Å²) in [6, 6.07) is 7.32. The molecule has 19 heavy (non-hydrogen) atoms. The highest BCUT2D eigenvalue weighted by Gasteiger charge is 2.15. The molecule has 0 saturated carbocycles. The highest BCUT2D eigenvalue weighted by molar-refractivity contribution is 5.30. The van der Waals surface area contributed by atoms with E-state index in [1.54, 1.807) is 0 Å². The summed E-state index contributed by atoms with van der Waals surface area (Å²) < 4.78 is 0. The Bertz CT molecular complexity index is 397. The average molecular weight is 261 g/mol. The fraction of sp³-hybridized carbons (Fsp3) is 0.625. The van der Waals surface area contributed by atoms with Crippen LogP contribution in [0, 0.1) is 13.8 Å². The van der Waals surface area contributed by atoms with Crippen LogP contribution in [0.2, 0.25) is 0 Å². The lowest BCUT2D eigenvalue weighted by atomic mass is 10.1. The van der Waals surface area contributed by atoms with Crippen LogP contribution in [0.5, 0.6) is 0 Å². The predicted molar refractivity (Wildman–Crippen MR) is 81.5 cm³/mol. The number of hydrogen-bond acceptors (Lipinski definition) is 3. The molecule has 2 N–H and O–H groups in total. The minimum atomic E-state index is 0.618. The van der Waals surface area contributed by atoms with Crippen LogP contribution in [0.4, 0.5) is 0 Å². The molecule has 1 unspecified atom stereocenters. The molecule has 1 aliphatic rings. The zero-order valence-corrected chi connectivity index (χ0v) is 12.5. The van der Waals surface area contributed by atoms with Gasteiger partial charge in [-0.05, 0) is 31.9 Å². The van der Waals surface area contributed by atoms with E-state index in [0.29, 0.717) is 6.04 Å². The summed E-state index contributed by atoms with van der Waals surface area (Å²) in [5, 5.41) is 7.00. The van der Waals surface area contributed by atoms with Gasteiger partial charge in [0, 0.05) is 45.3 Å². The maximum absolute atomic E-state index is 3.60. The molecule has 3 nitrogen and oxygen atoms in total. The van der Waals surface area contributed by atoms with E-state index in [9.17, 15) is 0 Å². The maximum Gasteiger partial charge on any atom is 0.0208 e. The molecule has 1 aliphatic heterocycles. The van der Waals surface area contributed by atoms with Crippen LogP contribution in [0.25, 0.3) is 0 Å². The van der Waals surface area contributed by atoms with Gasteiger partial charge in [0.25, 0.3) is 0 Å². The van der Waals surface area contributed by atoms with Gasteiger partial charge in [0.15, 0.2) is 0 Å². The number of hydrogen-bond donors (Lipinski definition) is 2. The van der Waals surface area contributed by atoms with Crippen molar-refractivity contribution in [3.63, 3.8) is 0 Å². The highest BCUT2D eigenvalue weighted by Crippen LogP contribution is 2.10. The van der Waals surface area contributed by atoms with E-state index in [-0.39, 0.29) is 0 Å². The number of aryl methyl sites for hydroxylation is 2. The molecule has 1 fully saturated rings. The number of rotatable bonds is 5. The van der Waals surface area contributed by atoms with E-state index in [2.05, 4.69) is 54.5 Å². The molecule has 1 aromatic rings. The van der Waals surface area contributed by atoms with Crippen molar-refractivity contribution >= 4 is 0 Å². The highest BCUT2D eigenvalue weighted by atomic mass is 15.2. The van der Waals surface area contributed by atoms with E-state index in [1.807, 2.05) is 0 Å². The molecule has 0 radical (unpaired) electrons. The minimum Gasteiger partial charge on any atom is -0.314 e. The van der Waals surface area contributed by atoms with Crippen LogP contribution in [0.3, 0.4) is 0 Å². The second-order valence-corrected chi connectivity index (χ2v) is 5.70. The van der Waals surface area contributed by atoms with Crippen LogP contribution in [0.15, 0.2) is 18.2 Å². The standard InChI is InChI=1S/C16H27N3/c1-13-4-5-16(14(2)10-13)12-18-11-15(3)19-8-6-17-7-9-19/h4-5,10,15,17-18H,6-9,11-12H2,1-3H3. The van der Waals surface area contributed by atoms with Crippen LogP contribution >= 0.6 is 0 Å². The molecule has 1 heterocycles. The Labute approximate surface area is 117 Å². The molecule has 0 spiro atoms. The van der Waals surface area contributed by atoms with Gasteiger partial charge in [-0.25, -0.2) is 0 Å². The Morgan fingerprint density at radius 1 is 1.26 bits per heavy atom. The van der Waals surface area contributed by atoms with Gasteiger partial charge in [-0.15, -0.1) is 0 Å². The van der Waals surface area contributed by atoms with Gasteiger partial charge in [0.2, 0.25) is 0 Å². The Morgan fingerprint density at radius 2 is 2.00 bits per heavy atom. The zero-order valence-electron chi connectivity index (χ0n) is 12.5. The second kappa shape index (κ2) is 7.04. The van der Waals surface area contributed by atoms with Crippen molar-refractivity contribution in [2.75, 3.05) is 32.7 Å². The first kappa shape index (κ1) is 14.5. The Kier molecular flexibility index (Phi) is 5.37. The van der Waals surface area contributed by atoms with Crippen molar-refractivity contribution in [3.05, 3.63) is 34.9 Å². The van der Waals surface area contributed by atoms with Crippen molar-refractivity contribution in [2.45, 2.75) is 33.4 Å². The Balaban J connectivity index is 1.76. The molecule has 0 amide bonds. The first-order valence-electron chi connectivity index (χ1n) is 7.38. The quantitative estimate of drug-likeness (QED) is 0.844. The van der Waals surface area contributed by atoms with Crippen LogP contribution in [-0.4, -0.2) is 43.7 Å². The summed E-state index contributed by atoms with van der Waals surface area (Å²) in [7, 11) is 0. The molecule has 1 atom stereocenters. The molecule has 1 aromatic carbocycles. The summed E-state index contributed by atoms with van der Waals surface area (Å²) in [5.74, 6) is 0. The minimum absolute atomic E-state index is 0.618. The Morgan fingerprint density at radius 3 is 2.68 bits per heavy atom.